The Morgan fingerprint density at radius 3 is 1.65 bits per heavy atom. The first-order valence-electron chi connectivity index (χ1n) is 16.6. The average molecular weight is 681 g/mol. The van der Waals surface area contributed by atoms with Gasteiger partial charge in [0.25, 0.3) is 8.32 Å². The number of amides is 2. The number of benzene rings is 4. The minimum Gasteiger partial charge on any atom is -0.461 e. The fraction of sp³-hybridized carbons (Fsp3) is 0.325. The van der Waals surface area contributed by atoms with E-state index in [-0.39, 0.29) is 24.7 Å². The maximum Gasteiger partial charge on any atom is 0.408 e. The molecule has 0 spiro atoms. The highest BCUT2D eigenvalue weighted by Crippen LogP contribution is 2.37. The van der Waals surface area contributed by atoms with Crippen molar-refractivity contribution in [2.45, 2.75) is 77.3 Å². The Balaban J connectivity index is 1.65. The molecule has 258 valence electrons. The van der Waals surface area contributed by atoms with Crippen molar-refractivity contribution in [3.05, 3.63) is 132 Å². The summed E-state index contributed by atoms with van der Waals surface area (Å²) in [4.78, 5) is 40.5. The van der Waals surface area contributed by atoms with Crippen LogP contribution in [0.25, 0.3) is 0 Å². The Morgan fingerprint density at radius 2 is 1.16 bits per heavy atom. The fourth-order valence-electron chi connectivity index (χ4n) is 5.78. The van der Waals surface area contributed by atoms with Crippen LogP contribution in [0, 0.1) is 0 Å². The van der Waals surface area contributed by atoms with Gasteiger partial charge in [0.05, 0.1) is 19.1 Å². The smallest absolute Gasteiger partial charge is 0.408 e. The molecule has 0 aromatic heterocycles. The van der Waals surface area contributed by atoms with Crippen molar-refractivity contribution in [2.75, 3.05) is 6.61 Å². The molecule has 4 aromatic carbocycles. The molecule has 9 heteroatoms. The molecule has 0 bridgehead atoms. The number of alkyl carbamates (subject to hydrolysis) is 1. The van der Waals surface area contributed by atoms with E-state index in [4.69, 9.17) is 13.9 Å². The first kappa shape index (κ1) is 37.1. The van der Waals surface area contributed by atoms with Crippen molar-refractivity contribution in [1.82, 2.24) is 10.6 Å². The molecule has 0 heterocycles. The third-order valence-corrected chi connectivity index (χ3v) is 13.0. The average Bonchev–Trinajstić information content (AvgIpc) is 3.07. The van der Waals surface area contributed by atoms with Crippen LogP contribution in [0.5, 0.6) is 0 Å². The Labute approximate surface area is 291 Å². The van der Waals surface area contributed by atoms with E-state index in [0.717, 1.165) is 21.5 Å². The van der Waals surface area contributed by atoms with Gasteiger partial charge in [-0.1, -0.05) is 142 Å². The molecule has 4 aromatic rings. The lowest BCUT2D eigenvalue weighted by atomic mass is 10.0. The molecule has 49 heavy (non-hydrogen) atoms. The van der Waals surface area contributed by atoms with Gasteiger partial charge in [0.2, 0.25) is 5.91 Å². The molecule has 0 saturated carbocycles. The minimum atomic E-state index is -3.08. The highest BCUT2D eigenvalue weighted by Gasteiger charge is 2.50. The van der Waals surface area contributed by atoms with Gasteiger partial charge in [-0.3, -0.25) is 9.59 Å². The molecule has 0 aliphatic heterocycles. The van der Waals surface area contributed by atoms with Crippen LogP contribution in [0.1, 0.15) is 65.1 Å². The molecule has 8 nitrogen and oxygen atoms in total. The van der Waals surface area contributed by atoms with E-state index in [1.807, 2.05) is 97.1 Å². The van der Waals surface area contributed by atoms with Crippen LogP contribution in [0.3, 0.4) is 0 Å². The Kier molecular flexibility index (Phi) is 12.6. The predicted molar refractivity (Wildman–Crippen MR) is 195 cm³/mol. The van der Waals surface area contributed by atoms with Crippen LogP contribution in [0.4, 0.5) is 4.79 Å². The van der Waals surface area contributed by atoms with E-state index in [2.05, 4.69) is 55.7 Å². The van der Waals surface area contributed by atoms with Gasteiger partial charge in [0.1, 0.15) is 18.2 Å². The van der Waals surface area contributed by atoms with Gasteiger partial charge < -0.3 is 24.5 Å². The quantitative estimate of drug-likeness (QED) is 0.124. The third kappa shape index (κ3) is 10.4. The normalized spacial score (nSPS) is 13.1. The van der Waals surface area contributed by atoms with Gasteiger partial charge in [-0.25, -0.2) is 4.79 Å². The van der Waals surface area contributed by atoms with Crippen LogP contribution in [-0.4, -0.2) is 44.5 Å². The third-order valence-electron chi connectivity index (χ3n) is 8.02. The number of carbonyl (C=O) groups is 3. The zero-order valence-corrected chi connectivity index (χ0v) is 30.3. The van der Waals surface area contributed by atoms with Crippen molar-refractivity contribution < 1.29 is 28.3 Å². The maximum absolute atomic E-state index is 14.2. The van der Waals surface area contributed by atoms with Gasteiger partial charge in [-0.05, 0) is 47.3 Å². The molecule has 2 atom stereocenters. The summed E-state index contributed by atoms with van der Waals surface area (Å²) in [6.45, 7) is 11.7. The van der Waals surface area contributed by atoms with Crippen molar-refractivity contribution in [1.29, 1.82) is 0 Å². The van der Waals surface area contributed by atoms with E-state index in [1.54, 1.807) is 20.8 Å². The lowest BCUT2D eigenvalue weighted by molar-refractivity contribution is -0.145. The molecule has 0 aliphatic carbocycles. The molecule has 0 fully saturated rings. The largest absolute Gasteiger partial charge is 0.461 e. The summed E-state index contributed by atoms with van der Waals surface area (Å²) in [5, 5.41) is 7.48. The molecule has 4 rings (SSSR count). The standard InChI is InChI=1S/C40H48N2O6Si/c1-39(2,3)48-38(45)42-35(29-47-49(40(4,5)6,32-23-15-9-16-24-32)33-25-17-10-18-26-33)37(44)41-34(31-21-13-8-14-22-31)27-36(43)46-28-30-19-11-7-12-20-30/h7-26,34-35H,27-29H2,1-6H3,(H,41,44)(H,42,45)/t34-,35+/m1/s1. The zero-order valence-electron chi connectivity index (χ0n) is 29.3. The first-order valence-corrected chi connectivity index (χ1v) is 18.5. The second-order valence-corrected chi connectivity index (χ2v) is 18.3. The Bertz CT molecular complexity index is 1600. The van der Waals surface area contributed by atoms with E-state index in [0.29, 0.717) is 0 Å². The summed E-state index contributed by atoms with van der Waals surface area (Å²) >= 11 is 0. The molecule has 0 unspecified atom stereocenters. The Hall–Kier alpha value is -4.73. The number of rotatable bonds is 13. The lowest BCUT2D eigenvalue weighted by Crippen LogP contribution is -2.68. The van der Waals surface area contributed by atoms with Crippen LogP contribution >= 0.6 is 0 Å². The molecule has 0 aliphatic rings. The first-order chi connectivity index (χ1) is 23.3. The van der Waals surface area contributed by atoms with Gasteiger partial charge in [0, 0.05) is 0 Å². The summed E-state index contributed by atoms with van der Waals surface area (Å²) in [6.07, 6.45) is -0.866. The van der Waals surface area contributed by atoms with Crippen molar-refractivity contribution in [3.63, 3.8) is 0 Å². The summed E-state index contributed by atoms with van der Waals surface area (Å²) < 4.78 is 18.2. The number of esters is 1. The molecule has 2 amide bonds. The zero-order chi connectivity index (χ0) is 35.5. The van der Waals surface area contributed by atoms with E-state index >= 15 is 0 Å². The number of nitrogens with one attached hydrogen (secondary N) is 2. The number of hydrogen-bond donors (Lipinski definition) is 2. The van der Waals surface area contributed by atoms with Crippen LogP contribution < -0.4 is 21.0 Å². The van der Waals surface area contributed by atoms with Crippen LogP contribution in [0.15, 0.2) is 121 Å². The number of carbonyl (C=O) groups excluding carboxylic acids is 3. The predicted octanol–water partition coefficient (Wildman–Crippen LogP) is 6.45. The topological polar surface area (TPSA) is 103 Å². The van der Waals surface area contributed by atoms with E-state index in [1.165, 1.54) is 0 Å². The maximum atomic E-state index is 14.2. The highest BCUT2D eigenvalue weighted by molar-refractivity contribution is 6.99. The summed E-state index contributed by atoms with van der Waals surface area (Å²) in [6, 6.07) is 36.9. The molecule has 0 radical (unpaired) electrons. The molecular weight excluding hydrogens is 633 g/mol. The van der Waals surface area contributed by atoms with Crippen molar-refractivity contribution in [2.24, 2.45) is 0 Å². The van der Waals surface area contributed by atoms with Gasteiger partial charge in [-0.2, -0.15) is 0 Å². The lowest BCUT2D eigenvalue weighted by Gasteiger charge is -2.43. The second-order valence-electron chi connectivity index (χ2n) is 14.0. The van der Waals surface area contributed by atoms with Crippen molar-refractivity contribution in [3.8, 4) is 0 Å². The molecular formula is C40H48N2O6Si. The number of hydrogen-bond acceptors (Lipinski definition) is 6. The number of ether oxygens (including phenoxy) is 2. The summed E-state index contributed by atoms with van der Waals surface area (Å²) in [5.41, 5.74) is 0.786. The summed E-state index contributed by atoms with van der Waals surface area (Å²) in [5.74, 6) is -0.994. The minimum absolute atomic E-state index is 0.114. The van der Waals surface area contributed by atoms with Gasteiger partial charge >= 0.3 is 12.1 Å². The van der Waals surface area contributed by atoms with Gasteiger partial charge in [0.15, 0.2) is 0 Å². The van der Waals surface area contributed by atoms with E-state index in [9.17, 15) is 14.4 Å². The SMILES string of the molecule is CC(C)(C)OC(=O)N[C@@H](CO[Si](c1ccccc1)(c1ccccc1)C(C)(C)C)C(=O)N[C@H](CC(=O)OCc1ccccc1)c1ccccc1. The monoisotopic (exact) mass is 680 g/mol. The second kappa shape index (κ2) is 16.6. The van der Waals surface area contributed by atoms with E-state index < -0.39 is 44.0 Å². The molecule has 2 N–H and O–H groups in total. The Morgan fingerprint density at radius 1 is 0.673 bits per heavy atom. The fourth-order valence-corrected chi connectivity index (χ4v) is 10.3. The van der Waals surface area contributed by atoms with Crippen LogP contribution in [0.2, 0.25) is 5.04 Å². The highest BCUT2D eigenvalue weighted by atomic mass is 28.4. The van der Waals surface area contributed by atoms with Crippen LogP contribution in [-0.2, 0) is 30.1 Å². The van der Waals surface area contributed by atoms with Crippen molar-refractivity contribution >= 4 is 36.7 Å². The van der Waals surface area contributed by atoms with Gasteiger partial charge in [-0.15, -0.1) is 0 Å². The summed E-state index contributed by atoms with van der Waals surface area (Å²) in [7, 11) is -3.08. The molecule has 0 saturated heterocycles.